The van der Waals surface area contributed by atoms with Crippen LogP contribution in [0.4, 0.5) is 13.2 Å². The van der Waals surface area contributed by atoms with E-state index in [1.165, 1.54) is 12.1 Å². The van der Waals surface area contributed by atoms with Gasteiger partial charge in [0.05, 0.1) is 6.10 Å². The zero-order chi connectivity index (χ0) is 16.7. The third-order valence-corrected chi connectivity index (χ3v) is 5.49. The first-order valence-corrected chi connectivity index (χ1v) is 8.12. The van der Waals surface area contributed by atoms with Crippen molar-refractivity contribution in [3.63, 3.8) is 0 Å². The van der Waals surface area contributed by atoms with Gasteiger partial charge in [-0.1, -0.05) is 31.0 Å². The Kier molecular flexibility index (Phi) is 4.31. The Hall–Kier alpha value is -1.27. The summed E-state index contributed by atoms with van der Waals surface area (Å²) in [5.74, 6) is -0.264. The Morgan fingerprint density at radius 2 is 1.87 bits per heavy atom. The van der Waals surface area contributed by atoms with Crippen molar-refractivity contribution in [1.82, 2.24) is 0 Å². The molecule has 128 valence electrons. The summed E-state index contributed by atoms with van der Waals surface area (Å²) in [6.45, 7) is 0. The summed E-state index contributed by atoms with van der Waals surface area (Å²) in [6.07, 6.45) is -0.614. The Morgan fingerprint density at radius 3 is 2.39 bits per heavy atom. The molecule has 1 aromatic rings. The molecule has 2 aliphatic carbocycles. The number of aliphatic hydroxyl groups excluding tert-OH is 1. The fraction of sp³-hybridized carbons (Fsp3) is 0.647. The van der Waals surface area contributed by atoms with Gasteiger partial charge < -0.3 is 15.6 Å². The lowest BCUT2D eigenvalue weighted by molar-refractivity contribution is -0.275. The molecule has 0 aromatic heterocycles. The second-order valence-corrected chi connectivity index (χ2v) is 6.76. The van der Waals surface area contributed by atoms with Gasteiger partial charge in [-0.2, -0.15) is 0 Å². The lowest BCUT2D eigenvalue weighted by atomic mass is 9.58. The number of ether oxygens (including phenoxy) is 1. The zero-order valence-corrected chi connectivity index (χ0v) is 12.9. The molecule has 0 spiro atoms. The third kappa shape index (κ3) is 3.06. The molecule has 1 aromatic carbocycles. The van der Waals surface area contributed by atoms with Crippen LogP contribution in [-0.2, 0) is 5.41 Å². The summed E-state index contributed by atoms with van der Waals surface area (Å²) in [5.41, 5.74) is 5.88. The van der Waals surface area contributed by atoms with Gasteiger partial charge in [0, 0.05) is 22.9 Å². The number of rotatable bonds is 4. The summed E-state index contributed by atoms with van der Waals surface area (Å²) in [5, 5.41) is 10.9. The lowest BCUT2D eigenvalue weighted by Gasteiger charge is -2.49. The predicted molar refractivity (Wildman–Crippen MR) is 80.0 cm³/mol. The van der Waals surface area contributed by atoms with E-state index in [1.54, 1.807) is 12.1 Å². The second-order valence-electron chi connectivity index (χ2n) is 6.76. The van der Waals surface area contributed by atoms with E-state index in [2.05, 4.69) is 4.74 Å². The highest BCUT2D eigenvalue weighted by Crippen LogP contribution is 2.53. The van der Waals surface area contributed by atoms with Gasteiger partial charge in [0.25, 0.3) is 0 Å². The van der Waals surface area contributed by atoms with Crippen molar-refractivity contribution >= 4 is 0 Å². The van der Waals surface area contributed by atoms with Gasteiger partial charge in [-0.05, 0) is 31.7 Å². The maximum atomic E-state index is 12.7. The van der Waals surface area contributed by atoms with Crippen molar-refractivity contribution < 1.29 is 23.0 Å². The van der Waals surface area contributed by atoms with Crippen LogP contribution < -0.4 is 10.5 Å². The monoisotopic (exact) mass is 329 g/mol. The van der Waals surface area contributed by atoms with Gasteiger partial charge in [0.1, 0.15) is 5.75 Å². The number of alkyl halides is 3. The van der Waals surface area contributed by atoms with Crippen molar-refractivity contribution in [2.24, 2.45) is 11.7 Å². The molecule has 6 heteroatoms. The molecule has 2 saturated carbocycles. The van der Waals surface area contributed by atoms with Crippen LogP contribution >= 0.6 is 0 Å². The number of aliphatic hydroxyl groups is 1. The van der Waals surface area contributed by atoms with Gasteiger partial charge in [0.15, 0.2) is 0 Å². The van der Waals surface area contributed by atoms with Crippen molar-refractivity contribution in [1.29, 1.82) is 0 Å². The first-order chi connectivity index (χ1) is 10.8. The van der Waals surface area contributed by atoms with E-state index in [9.17, 15) is 18.3 Å². The van der Waals surface area contributed by atoms with Crippen LogP contribution in [0.2, 0.25) is 0 Å². The smallest absolute Gasteiger partial charge is 0.405 e. The second kappa shape index (κ2) is 5.98. The molecule has 0 heterocycles. The molecular formula is C17H22F3NO2. The fourth-order valence-electron chi connectivity index (χ4n) is 4.19. The van der Waals surface area contributed by atoms with E-state index >= 15 is 0 Å². The van der Waals surface area contributed by atoms with E-state index < -0.39 is 17.9 Å². The van der Waals surface area contributed by atoms with Crippen LogP contribution in [0.3, 0.4) is 0 Å². The fourth-order valence-corrected chi connectivity index (χ4v) is 4.19. The number of hydrogen-bond donors (Lipinski definition) is 2. The molecule has 2 aliphatic rings. The first-order valence-electron chi connectivity index (χ1n) is 8.12. The van der Waals surface area contributed by atoms with Gasteiger partial charge in [-0.3, -0.25) is 0 Å². The normalized spacial score (nSPS) is 28.2. The zero-order valence-electron chi connectivity index (χ0n) is 12.9. The molecule has 3 nitrogen and oxygen atoms in total. The number of halogens is 3. The molecule has 3 atom stereocenters. The van der Waals surface area contributed by atoms with Crippen LogP contribution in [0.1, 0.15) is 44.1 Å². The van der Waals surface area contributed by atoms with E-state index in [1.807, 2.05) is 0 Å². The van der Waals surface area contributed by atoms with Crippen LogP contribution in [0.15, 0.2) is 24.3 Å². The van der Waals surface area contributed by atoms with Gasteiger partial charge in [-0.15, -0.1) is 13.2 Å². The Labute approximate surface area is 133 Å². The van der Waals surface area contributed by atoms with Gasteiger partial charge in [0.2, 0.25) is 0 Å². The highest BCUT2D eigenvalue weighted by Gasteiger charge is 2.51. The van der Waals surface area contributed by atoms with Crippen LogP contribution in [0.25, 0.3) is 0 Å². The summed E-state index contributed by atoms with van der Waals surface area (Å²) in [4.78, 5) is 0. The van der Waals surface area contributed by atoms with Crippen molar-refractivity contribution in [2.75, 3.05) is 0 Å². The Balaban J connectivity index is 1.94. The molecule has 3 N–H and O–H groups in total. The number of benzene rings is 1. The maximum Gasteiger partial charge on any atom is 0.573 e. The average molecular weight is 329 g/mol. The first kappa shape index (κ1) is 16.6. The summed E-state index contributed by atoms with van der Waals surface area (Å²) < 4.78 is 42.3. The summed E-state index contributed by atoms with van der Waals surface area (Å²) in [7, 11) is 0. The van der Waals surface area contributed by atoms with Crippen molar-refractivity contribution in [3.8, 4) is 5.75 Å². The van der Waals surface area contributed by atoms with Crippen LogP contribution in [0, 0.1) is 5.92 Å². The molecule has 0 saturated heterocycles. The number of para-hydroxylation sites is 1. The predicted octanol–water partition coefficient (Wildman–Crippen LogP) is 3.50. The van der Waals surface area contributed by atoms with E-state index in [-0.39, 0.29) is 17.7 Å². The third-order valence-electron chi connectivity index (χ3n) is 5.49. The molecule has 0 aliphatic heterocycles. The number of hydrogen-bond acceptors (Lipinski definition) is 3. The van der Waals surface area contributed by atoms with E-state index in [0.717, 1.165) is 25.7 Å². The lowest BCUT2D eigenvalue weighted by Crippen LogP contribution is -2.52. The minimum Gasteiger partial charge on any atom is -0.405 e. The molecule has 3 rings (SSSR count). The average Bonchev–Trinajstić information content (AvgIpc) is 2.83. The minimum atomic E-state index is -4.74. The minimum absolute atomic E-state index is 0.0609. The molecule has 3 unspecified atom stereocenters. The molecule has 0 radical (unpaired) electrons. The van der Waals surface area contributed by atoms with Crippen LogP contribution in [-0.4, -0.2) is 23.6 Å². The highest BCUT2D eigenvalue weighted by molar-refractivity contribution is 5.42. The molecule has 0 amide bonds. The van der Waals surface area contributed by atoms with Gasteiger partial charge in [-0.25, -0.2) is 0 Å². The standard InChI is InChI=1S/C17H22F3NO2/c18-17(19,20)23-14-8-2-1-6-12(14)16(9-4-10-16)15(22)11-5-3-7-13(11)21/h1-2,6,8,11,13,15,22H,3-5,7,9-10,21H2. The molecular weight excluding hydrogens is 307 g/mol. The van der Waals surface area contributed by atoms with Gasteiger partial charge >= 0.3 is 6.36 Å². The van der Waals surface area contributed by atoms with Crippen LogP contribution in [0.5, 0.6) is 5.75 Å². The Bertz CT molecular complexity index is 557. The van der Waals surface area contributed by atoms with Crippen molar-refractivity contribution in [3.05, 3.63) is 29.8 Å². The number of nitrogens with two attached hydrogens (primary N) is 1. The SMILES string of the molecule is NC1CCCC1C(O)C1(c2ccccc2OC(F)(F)F)CCC1. The maximum absolute atomic E-state index is 12.7. The molecule has 2 fully saturated rings. The quantitative estimate of drug-likeness (QED) is 0.889. The topological polar surface area (TPSA) is 55.5 Å². The summed E-state index contributed by atoms with van der Waals surface area (Å²) >= 11 is 0. The highest BCUT2D eigenvalue weighted by atomic mass is 19.4. The Morgan fingerprint density at radius 1 is 1.17 bits per heavy atom. The molecule has 0 bridgehead atoms. The van der Waals surface area contributed by atoms with Crippen molar-refractivity contribution in [2.45, 2.75) is 62.4 Å². The van der Waals surface area contributed by atoms with E-state index in [4.69, 9.17) is 5.73 Å². The van der Waals surface area contributed by atoms with E-state index in [0.29, 0.717) is 18.4 Å². The largest absolute Gasteiger partial charge is 0.573 e. The molecule has 23 heavy (non-hydrogen) atoms. The summed E-state index contributed by atoms with van der Waals surface area (Å²) in [6, 6.07) is 6.09.